The number of carbonyl (C=O) groups excluding carboxylic acids is 8. The Morgan fingerprint density at radius 3 is 1.35 bits per heavy atom. The maximum atomic E-state index is 12.9. The average Bonchev–Trinajstić information content (AvgIpc) is 1.63. The lowest BCUT2D eigenvalue weighted by Crippen LogP contribution is -2.61. The number of piperidine rings is 6. The van der Waals surface area contributed by atoms with Crippen LogP contribution in [0.25, 0.3) is 0 Å². The number of imide groups is 2. The van der Waals surface area contributed by atoms with Gasteiger partial charge in [0.15, 0.2) is 5.78 Å². The second kappa shape index (κ2) is 42.1. The number of amides is 5. The van der Waals surface area contributed by atoms with E-state index >= 15 is 0 Å². The molecule has 0 spiro atoms. The Balaban J connectivity index is 0.000000252. The minimum Gasteiger partial charge on any atom is -0.457 e. The first kappa shape index (κ1) is 84.2. The summed E-state index contributed by atoms with van der Waals surface area (Å²) in [6, 6.07) is 24.4. The molecule has 0 radical (unpaired) electrons. The summed E-state index contributed by atoms with van der Waals surface area (Å²) in [7, 11) is 11.1. The standard InChI is InChI=1S/C19H24N3O3P.C15H22NOP.C13H16NO2P.C9H8O2.C6H10N2O2.C5H12NP.4C2H6/c1-19(7-4-16(23)20-18(19)25)22-11-14-10-13(2-3-15(14)17(22)24)12-5-8-21(26)9-6-12;1-3-12-10-14(4-5-15(12)11(2)17)13-6-8-16(18)9-7-13;15-13-12-2-1-10(7-11(12)8-16-13)9-3-5-14(17)6-4-9;1-6-2-3-8-7(4-6)5-11-9(8)10;1-6(7)3-2-4(9)8-5(6)10;7-6-4-2-1-3-5-6;4*1-2/h2-3,10,12H,4-9,11,26H2,1H3,(H,20,23,25);4-5,10,13H,3,6-9,18H2,1-2H3;1-2,7,9H,3-6,8,17H2;2-4H,5H2,1H3;2-3,7H2,1H3,(H,8,9,10);1-5,7H2;4*1-2H3. The summed E-state index contributed by atoms with van der Waals surface area (Å²) >= 11 is 0. The molecule has 6 atom stereocenters. The van der Waals surface area contributed by atoms with Crippen molar-refractivity contribution in [2.75, 3.05) is 52.4 Å². The number of ether oxygens (including phenoxy) is 2. The van der Waals surface area contributed by atoms with E-state index in [0.29, 0.717) is 62.3 Å². The fraction of sp³-hybridized carbons (Fsp3) is 0.573. The van der Waals surface area contributed by atoms with Crippen LogP contribution < -0.4 is 16.4 Å². The minimum absolute atomic E-state index is 0.113. The fourth-order valence-corrected chi connectivity index (χ4v) is 13.9. The summed E-state index contributed by atoms with van der Waals surface area (Å²) in [5.41, 5.74) is 16.2. The van der Waals surface area contributed by atoms with Crippen LogP contribution in [0.5, 0.6) is 0 Å². The number of nitrogens with zero attached hydrogens (tertiary/aromatic N) is 5. The topological polar surface area (TPSA) is 221 Å². The number of hydrogen-bond acceptors (Lipinski definition) is 15. The highest BCUT2D eigenvalue weighted by atomic mass is 31.0. The SMILES string of the molecule is CC.CC.CC.CC.CC1(N)CCC(=O)NC1=O.CC1(N2Cc3cc(C4CCN(P)CC4)ccc3C2=O)CCC(=O)NC1=O.CCc1cc(C2CCN(P)CC2)ccc1C(C)=O.Cc1ccc2c(c1)COC2=O.O=C1OCc2cc(C3CCN(P)CC3)ccc21.PN1CCCCC1. The van der Waals surface area contributed by atoms with Crippen LogP contribution in [0.4, 0.5) is 0 Å². The Labute approximate surface area is 590 Å². The number of fused-ring (bicyclic) bond motifs is 3. The van der Waals surface area contributed by atoms with Crippen molar-refractivity contribution < 1.29 is 47.8 Å². The van der Waals surface area contributed by atoms with Gasteiger partial charge in [0.2, 0.25) is 17.7 Å². The van der Waals surface area contributed by atoms with E-state index in [1.165, 1.54) is 85.9 Å². The van der Waals surface area contributed by atoms with E-state index < -0.39 is 11.1 Å². The molecule has 9 aliphatic heterocycles. The second-order valence-corrected chi connectivity index (χ2v) is 28.3. The third-order valence-corrected chi connectivity index (χ3v) is 20.6. The first-order valence-electron chi connectivity index (χ1n) is 35.5. The van der Waals surface area contributed by atoms with Crippen molar-refractivity contribution in [2.45, 2.75) is 228 Å². The van der Waals surface area contributed by atoms with Gasteiger partial charge in [-0.15, -0.1) is 0 Å². The number of benzene rings is 4. The number of aryl methyl sites for hydroxylation is 2. The van der Waals surface area contributed by atoms with E-state index in [1.54, 1.807) is 25.7 Å². The molecule has 6 fully saturated rings. The Kier molecular flexibility index (Phi) is 36.6. The van der Waals surface area contributed by atoms with Crippen molar-refractivity contribution in [1.82, 2.24) is 34.2 Å². The van der Waals surface area contributed by atoms with Crippen LogP contribution in [0.15, 0.2) is 72.8 Å². The normalized spacial score (nSPS) is 21.7. The monoisotopic (exact) mass is 1410 g/mol. The summed E-state index contributed by atoms with van der Waals surface area (Å²) in [4.78, 5) is 93.8. The molecule has 9 heterocycles. The lowest BCUT2D eigenvalue weighted by molar-refractivity contribution is -0.142. The molecule has 13 rings (SSSR count). The minimum atomic E-state index is -0.963. The van der Waals surface area contributed by atoms with E-state index in [2.05, 4.69) is 110 Å². The van der Waals surface area contributed by atoms with Gasteiger partial charge in [-0.3, -0.25) is 58.1 Å². The van der Waals surface area contributed by atoms with Crippen molar-refractivity contribution in [1.29, 1.82) is 0 Å². The van der Waals surface area contributed by atoms with Crippen LogP contribution in [0.1, 0.15) is 270 Å². The van der Waals surface area contributed by atoms with Crippen molar-refractivity contribution in [2.24, 2.45) is 5.73 Å². The third kappa shape index (κ3) is 24.5. The predicted octanol–water partition coefficient (Wildman–Crippen LogP) is 13.7. The van der Waals surface area contributed by atoms with Gasteiger partial charge < -0.3 is 20.1 Å². The highest BCUT2D eigenvalue weighted by Crippen LogP contribution is 2.38. The zero-order valence-electron chi connectivity index (χ0n) is 60.5. The van der Waals surface area contributed by atoms with E-state index in [-0.39, 0.29) is 53.7 Å². The lowest BCUT2D eigenvalue weighted by Gasteiger charge is -2.39. The molecule has 18 nitrogen and oxygen atoms in total. The van der Waals surface area contributed by atoms with E-state index in [9.17, 15) is 38.4 Å². The van der Waals surface area contributed by atoms with Crippen LogP contribution in [-0.2, 0) is 54.8 Å². The lowest BCUT2D eigenvalue weighted by atomic mass is 9.87. The quantitative estimate of drug-likeness (QED) is 0.0707. The number of nitrogens with one attached hydrogen (secondary N) is 2. The molecule has 0 saturated carbocycles. The number of Topliss-reactive ketones (excluding diaryl/α,β-unsaturated/α-hetero) is 1. The van der Waals surface area contributed by atoms with Crippen LogP contribution in [0.3, 0.4) is 0 Å². The largest absolute Gasteiger partial charge is 0.457 e. The molecule has 9 aliphatic rings. The smallest absolute Gasteiger partial charge is 0.338 e. The van der Waals surface area contributed by atoms with Gasteiger partial charge in [0.25, 0.3) is 11.8 Å². The van der Waals surface area contributed by atoms with Crippen molar-refractivity contribution in [3.05, 3.63) is 140 Å². The van der Waals surface area contributed by atoms with Crippen LogP contribution in [0, 0.1) is 6.92 Å². The number of nitrogens with two attached hydrogens (primary N) is 1. The number of ketones is 1. The van der Waals surface area contributed by atoms with Crippen LogP contribution in [-0.4, -0.2) is 134 Å². The summed E-state index contributed by atoms with van der Waals surface area (Å²) in [5, 5.41) is 4.55. The molecule has 0 bridgehead atoms. The average molecular weight is 1410 g/mol. The summed E-state index contributed by atoms with van der Waals surface area (Å²) < 4.78 is 19.0. The van der Waals surface area contributed by atoms with Gasteiger partial charge in [-0.1, -0.05) is 166 Å². The Morgan fingerprint density at radius 2 is 0.928 bits per heavy atom. The number of carbonyl (C=O) groups is 8. The molecule has 4 N–H and O–H groups in total. The molecule has 97 heavy (non-hydrogen) atoms. The fourth-order valence-electron chi connectivity index (χ4n) is 12.7. The molecule has 4 aromatic carbocycles. The molecule has 0 aromatic heterocycles. The second-order valence-electron chi connectivity index (χ2n) is 25.3. The molecule has 4 aromatic rings. The highest BCUT2D eigenvalue weighted by molar-refractivity contribution is 7.13. The predicted molar refractivity (Wildman–Crippen MR) is 404 cm³/mol. The zero-order valence-corrected chi connectivity index (χ0v) is 65.2. The van der Waals surface area contributed by atoms with E-state index in [4.69, 9.17) is 15.2 Å². The van der Waals surface area contributed by atoms with Gasteiger partial charge in [-0.25, -0.2) is 9.59 Å². The Hall–Kier alpha value is -5.24. The third-order valence-electron chi connectivity index (χ3n) is 18.6. The van der Waals surface area contributed by atoms with Gasteiger partial charge in [0.1, 0.15) is 18.8 Å². The zero-order chi connectivity index (χ0) is 72.2. The van der Waals surface area contributed by atoms with E-state index in [0.717, 1.165) is 91.9 Å². The van der Waals surface area contributed by atoms with E-state index in [1.807, 2.05) is 98.7 Å². The van der Waals surface area contributed by atoms with Crippen LogP contribution in [0.2, 0.25) is 0 Å². The van der Waals surface area contributed by atoms with Crippen molar-refractivity contribution in [3.8, 4) is 0 Å². The summed E-state index contributed by atoms with van der Waals surface area (Å²) in [6.07, 6.45) is 13.6. The summed E-state index contributed by atoms with van der Waals surface area (Å²) in [5.74, 6) is 0.273. The molecule has 5 amide bonds. The first-order chi connectivity index (χ1) is 46.4. The van der Waals surface area contributed by atoms with Crippen LogP contribution >= 0.6 is 37.6 Å². The van der Waals surface area contributed by atoms with Gasteiger partial charge in [-0.2, -0.15) is 0 Å². The Bertz CT molecular complexity index is 3250. The molecule has 22 heteroatoms. The van der Waals surface area contributed by atoms with Crippen molar-refractivity contribution in [3.63, 3.8) is 0 Å². The number of hydrogen-bond donors (Lipinski definition) is 3. The number of esters is 2. The van der Waals surface area contributed by atoms with Gasteiger partial charge >= 0.3 is 11.9 Å². The molecule has 6 unspecified atom stereocenters. The van der Waals surface area contributed by atoms with Crippen molar-refractivity contribution >= 4 is 84.8 Å². The first-order valence-corrected chi connectivity index (χ1v) is 37.6. The molecular weight excluding hydrogens is 1300 g/mol. The molecular formula is C75H116N8O10P4. The van der Waals surface area contributed by atoms with Gasteiger partial charge in [0.05, 0.1) is 16.7 Å². The number of cyclic esters (lactones) is 2. The molecule has 6 saturated heterocycles. The molecule has 0 aliphatic carbocycles. The summed E-state index contributed by atoms with van der Waals surface area (Å²) in [6.45, 7) is 35.7. The number of rotatable bonds is 6. The Morgan fingerprint density at radius 1 is 0.526 bits per heavy atom. The maximum Gasteiger partial charge on any atom is 0.338 e. The molecule has 536 valence electrons. The van der Waals surface area contributed by atoms with Gasteiger partial charge in [0, 0.05) is 94.0 Å². The van der Waals surface area contributed by atoms with Gasteiger partial charge in [-0.05, 0) is 162 Å². The maximum absolute atomic E-state index is 12.9. The highest BCUT2D eigenvalue weighted by Gasteiger charge is 2.48.